The van der Waals surface area contributed by atoms with Gasteiger partial charge in [-0.25, -0.2) is 0 Å². The fourth-order valence-corrected chi connectivity index (χ4v) is 2.81. The summed E-state index contributed by atoms with van der Waals surface area (Å²) in [6.07, 6.45) is 2.45. The Bertz CT molecular complexity index is 554. The smallest absolute Gasteiger partial charge is 0.293 e. The summed E-state index contributed by atoms with van der Waals surface area (Å²) in [5, 5.41) is -0.203. The summed E-state index contributed by atoms with van der Waals surface area (Å²) in [6, 6.07) is 7.79. The van der Waals surface area contributed by atoms with Gasteiger partial charge >= 0.3 is 0 Å². The van der Waals surface area contributed by atoms with Gasteiger partial charge in [-0.2, -0.15) is 0 Å². The molecule has 2 rings (SSSR count). The van der Waals surface area contributed by atoms with Crippen LogP contribution in [0, 0.1) is 6.92 Å². The predicted molar refractivity (Wildman–Crippen MR) is 80.3 cm³/mol. The summed E-state index contributed by atoms with van der Waals surface area (Å²) in [5.41, 5.74) is 2.05. The highest BCUT2D eigenvalue weighted by Crippen LogP contribution is 2.32. The van der Waals surface area contributed by atoms with E-state index < -0.39 is 0 Å². The molecule has 1 saturated heterocycles. The van der Waals surface area contributed by atoms with Crippen molar-refractivity contribution in [2.75, 3.05) is 20.3 Å². The molecule has 1 aliphatic heterocycles. The first-order valence-corrected chi connectivity index (χ1v) is 7.25. The first kappa shape index (κ1) is 14.8. The molecule has 1 aliphatic rings. The second kappa shape index (κ2) is 6.72. The van der Waals surface area contributed by atoms with E-state index in [9.17, 15) is 9.59 Å². The molecule has 1 heterocycles. The Labute approximate surface area is 122 Å². The van der Waals surface area contributed by atoms with E-state index in [4.69, 9.17) is 4.74 Å². The van der Waals surface area contributed by atoms with Crippen LogP contribution in [0.3, 0.4) is 0 Å². The first-order valence-electron chi connectivity index (χ1n) is 6.43. The van der Waals surface area contributed by atoms with Crippen molar-refractivity contribution in [2.24, 2.45) is 0 Å². The van der Waals surface area contributed by atoms with Crippen LogP contribution in [0.5, 0.6) is 0 Å². The summed E-state index contributed by atoms with van der Waals surface area (Å²) < 4.78 is 4.94. The maximum absolute atomic E-state index is 12.2. The Hall–Kier alpha value is -1.59. The van der Waals surface area contributed by atoms with E-state index in [1.54, 1.807) is 13.2 Å². The topological polar surface area (TPSA) is 46.6 Å². The number of thioether (sulfide) groups is 1. The third-order valence-electron chi connectivity index (χ3n) is 3.08. The van der Waals surface area contributed by atoms with Crippen molar-refractivity contribution in [3.8, 4) is 0 Å². The van der Waals surface area contributed by atoms with Crippen molar-refractivity contribution in [1.29, 1.82) is 0 Å². The highest BCUT2D eigenvalue weighted by molar-refractivity contribution is 8.18. The molecule has 0 bridgehead atoms. The average Bonchev–Trinajstić information content (AvgIpc) is 2.69. The number of benzene rings is 1. The van der Waals surface area contributed by atoms with Gasteiger partial charge in [0.25, 0.3) is 11.1 Å². The minimum absolute atomic E-state index is 0.203. The fourth-order valence-electron chi connectivity index (χ4n) is 1.95. The number of carbonyl (C=O) groups excluding carboxylic acids is 2. The van der Waals surface area contributed by atoms with Gasteiger partial charge in [0.05, 0.1) is 4.91 Å². The Balaban J connectivity index is 2.13. The van der Waals surface area contributed by atoms with E-state index in [-0.39, 0.29) is 11.1 Å². The van der Waals surface area contributed by atoms with Gasteiger partial charge in [-0.1, -0.05) is 24.3 Å². The molecule has 5 heteroatoms. The third-order valence-corrected chi connectivity index (χ3v) is 3.99. The van der Waals surface area contributed by atoms with Gasteiger partial charge < -0.3 is 4.74 Å². The number of aryl methyl sites for hydroxylation is 1. The molecule has 106 valence electrons. The predicted octanol–water partition coefficient (Wildman–Crippen LogP) is 3.07. The zero-order valence-electron chi connectivity index (χ0n) is 11.6. The largest absolute Gasteiger partial charge is 0.385 e. The molecule has 0 N–H and O–H groups in total. The number of nitrogens with zero attached hydrogens (tertiary/aromatic N) is 1. The molecule has 0 aliphatic carbocycles. The molecular weight excluding hydrogens is 274 g/mol. The molecule has 4 nitrogen and oxygen atoms in total. The Morgan fingerprint density at radius 2 is 2.05 bits per heavy atom. The van der Waals surface area contributed by atoms with Crippen LogP contribution in [0.15, 0.2) is 29.2 Å². The maximum atomic E-state index is 12.2. The summed E-state index contributed by atoms with van der Waals surface area (Å²) in [5.74, 6) is -0.209. The van der Waals surface area contributed by atoms with Gasteiger partial charge in [0.1, 0.15) is 0 Å². The third kappa shape index (κ3) is 3.29. The normalized spacial score (nSPS) is 17.3. The molecule has 0 unspecified atom stereocenters. The molecule has 1 aromatic rings. The Morgan fingerprint density at radius 3 is 2.75 bits per heavy atom. The van der Waals surface area contributed by atoms with Crippen LogP contribution in [0.1, 0.15) is 17.5 Å². The van der Waals surface area contributed by atoms with Crippen LogP contribution in [-0.2, 0) is 9.53 Å². The summed E-state index contributed by atoms with van der Waals surface area (Å²) in [6.45, 7) is 2.93. The van der Waals surface area contributed by atoms with E-state index in [2.05, 4.69) is 0 Å². The van der Waals surface area contributed by atoms with Gasteiger partial charge in [-0.3, -0.25) is 14.5 Å². The fraction of sp³-hybridized carbons (Fsp3) is 0.333. The van der Waals surface area contributed by atoms with E-state index >= 15 is 0 Å². The monoisotopic (exact) mass is 291 g/mol. The number of ether oxygens (including phenoxy) is 1. The summed E-state index contributed by atoms with van der Waals surface area (Å²) in [7, 11) is 1.60. The number of amides is 2. The zero-order chi connectivity index (χ0) is 14.5. The molecule has 1 fully saturated rings. The van der Waals surface area contributed by atoms with Gasteiger partial charge in [0.15, 0.2) is 0 Å². The van der Waals surface area contributed by atoms with Crippen molar-refractivity contribution < 1.29 is 14.3 Å². The molecule has 0 atom stereocenters. The number of methoxy groups -OCH3 is 1. The molecule has 20 heavy (non-hydrogen) atoms. The van der Waals surface area contributed by atoms with Crippen molar-refractivity contribution in [2.45, 2.75) is 13.3 Å². The SMILES string of the molecule is COCCCN1C(=O)S/C(=C/c2ccccc2C)C1=O. The molecule has 1 aromatic carbocycles. The first-order chi connectivity index (χ1) is 9.63. The van der Waals surface area contributed by atoms with Crippen LogP contribution in [0.2, 0.25) is 0 Å². The lowest BCUT2D eigenvalue weighted by atomic mass is 10.1. The van der Waals surface area contributed by atoms with E-state index in [1.165, 1.54) is 4.90 Å². The summed E-state index contributed by atoms with van der Waals surface area (Å²) in [4.78, 5) is 25.8. The van der Waals surface area contributed by atoms with Crippen LogP contribution < -0.4 is 0 Å². The molecule has 0 spiro atoms. The molecule has 0 radical (unpaired) electrons. The summed E-state index contributed by atoms with van der Waals surface area (Å²) >= 11 is 1.00. The van der Waals surface area contributed by atoms with Crippen molar-refractivity contribution in [3.05, 3.63) is 40.3 Å². The minimum Gasteiger partial charge on any atom is -0.385 e. The lowest BCUT2D eigenvalue weighted by molar-refractivity contribution is -0.122. The highest BCUT2D eigenvalue weighted by Gasteiger charge is 2.34. The van der Waals surface area contributed by atoms with E-state index in [0.29, 0.717) is 24.5 Å². The van der Waals surface area contributed by atoms with Crippen LogP contribution in [0.25, 0.3) is 6.08 Å². The Kier molecular flexibility index (Phi) is 4.98. The van der Waals surface area contributed by atoms with Gasteiger partial charge in [-0.05, 0) is 42.3 Å². The lowest BCUT2D eigenvalue weighted by Gasteiger charge is -2.11. The lowest BCUT2D eigenvalue weighted by Crippen LogP contribution is -2.29. The molecule has 0 saturated carbocycles. The number of rotatable bonds is 5. The minimum atomic E-state index is -0.209. The van der Waals surface area contributed by atoms with Gasteiger partial charge in [-0.15, -0.1) is 0 Å². The maximum Gasteiger partial charge on any atom is 0.293 e. The molecular formula is C15H17NO3S. The molecule has 2 amide bonds. The number of hydrogen-bond donors (Lipinski definition) is 0. The van der Waals surface area contributed by atoms with E-state index in [1.807, 2.05) is 31.2 Å². The zero-order valence-corrected chi connectivity index (χ0v) is 12.4. The van der Waals surface area contributed by atoms with E-state index in [0.717, 1.165) is 22.9 Å². The highest BCUT2D eigenvalue weighted by atomic mass is 32.2. The van der Waals surface area contributed by atoms with Crippen molar-refractivity contribution in [3.63, 3.8) is 0 Å². The van der Waals surface area contributed by atoms with Crippen LogP contribution in [0.4, 0.5) is 4.79 Å². The van der Waals surface area contributed by atoms with Crippen molar-refractivity contribution in [1.82, 2.24) is 4.90 Å². The quantitative estimate of drug-likeness (QED) is 0.618. The second-order valence-electron chi connectivity index (χ2n) is 4.54. The second-order valence-corrected chi connectivity index (χ2v) is 5.53. The number of hydrogen-bond acceptors (Lipinski definition) is 4. The number of carbonyl (C=O) groups is 2. The Morgan fingerprint density at radius 1 is 1.30 bits per heavy atom. The van der Waals surface area contributed by atoms with Crippen LogP contribution >= 0.6 is 11.8 Å². The number of imide groups is 1. The average molecular weight is 291 g/mol. The van der Waals surface area contributed by atoms with Gasteiger partial charge in [0.2, 0.25) is 0 Å². The molecule has 0 aromatic heterocycles. The van der Waals surface area contributed by atoms with Gasteiger partial charge in [0, 0.05) is 20.3 Å². The standard InChI is InChI=1S/C15H17NO3S/c1-11-6-3-4-7-12(11)10-13-14(17)16(15(18)20-13)8-5-9-19-2/h3-4,6-7,10H,5,8-9H2,1-2H3/b13-10+. The van der Waals surface area contributed by atoms with Crippen molar-refractivity contribution >= 4 is 29.0 Å². The van der Waals surface area contributed by atoms with Crippen LogP contribution in [-0.4, -0.2) is 36.3 Å².